The summed E-state index contributed by atoms with van der Waals surface area (Å²) in [6.07, 6.45) is 1.93. The van der Waals surface area contributed by atoms with Gasteiger partial charge in [0.1, 0.15) is 0 Å². The van der Waals surface area contributed by atoms with Crippen molar-refractivity contribution in [1.29, 1.82) is 0 Å². The van der Waals surface area contributed by atoms with Gasteiger partial charge in [0, 0.05) is 30.2 Å². The van der Waals surface area contributed by atoms with Crippen LogP contribution in [0.15, 0.2) is 54.6 Å². The lowest BCUT2D eigenvalue weighted by molar-refractivity contribution is -0.134. The number of nitrogens with one attached hydrogen (secondary N) is 1. The molecule has 0 bridgehead atoms. The smallest absolute Gasteiger partial charge is 0.260 e. The highest BCUT2D eigenvalue weighted by Gasteiger charge is 2.25. The number of aromatic nitrogens is 1. The standard InChI is InChI=1S/C22H24N2O3/c1-26-20-8-4-5-9-21(20)27-15-22(25)24-12-10-16(11-13-24)19-14-17-6-2-3-7-18(17)23-19/h2-9,14,16,23H,10-13,15H2,1H3. The number of methoxy groups -OCH3 is 1. The number of H-pyrrole nitrogens is 1. The number of carbonyl (C=O) groups is 1. The molecular weight excluding hydrogens is 340 g/mol. The van der Waals surface area contributed by atoms with Crippen LogP contribution in [0, 0.1) is 0 Å². The van der Waals surface area contributed by atoms with Crippen LogP contribution in [0.2, 0.25) is 0 Å². The summed E-state index contributed by atoms with van der Waals surface area (Å²) in [7, 11) is 1.60. The van der Waals surface area contributed by atoms with E-state index in [2.05, 4.69) is 29.2 Å². The van der Waals surface area contributed by atoms with Crippen LogP contribution in [0.4, 0.5) is 0 Å². The van der Waals surface area contributed by atoms with Crippen molar-refractivity contribution >= 4 is 16.8 Å². The van der Waals surface area contributed by atoms with E-state index in [-0.39, 0.29) is 12.5 Å². The minimum atomic E-state index is 0.0241. The topological polar surface area (TPSA) is 54.6 Å². The van der Waals surface area contributed by atoms with Crippen LogP contribution in [0.1, 0.15) is 24.5 Å². The van der Waals surface area contributed by atoms with Crippen LogP contribution in [0.25, 0.3) is 10.9 Å². The van der Waals surface area contributed by atoms with Crippen LogP contribution in [0.5, 0.6) is 11.5 Å². The number of amides is 1. The monoisotopic (exact) mass is 364 g/mol. The van der Waals surface area contributed by atoms with Gasteiger partial charge in [-0.15, -0.1) is 0 Å². The van der Waals surface area contributed by atoms with Crippen molar-refractivity contribution in [3.8, 4) is 11.5 Å². The van der Waals surface area contributed by atoms with E-state index in [1.807, 2.05) is 35.2 Å². The molecule has 1 saturated heterocycles. The van der Waals surface area contributed by atoms with E-state index in [4.69, 9.17) is 9.47 Å². The molecular formula is C22H24N2O3. The van der Waals surface area contributed by atoms with Gasteiger partial charge >= 0.3 is 0 Å². The highest BCUT2D eigenvalue weighted by molar-refractivity contribution is 5.80. The molecule has 1 amide bonds. The van der Waals surface area contributed by atoms with Crippen molar-refractivity contribution in [1.82, 2.24) is 9.88 Å². The van der Waals surface area contributed by atoms with Gasteiger partial charge in [0.2, 0.25) is 0 Å². The fourth-order valence-electron chi connectivity index (χ4n) is 3.72. The zero-order valence-electron chi connectivity index (χ0n) is 15.5. The number of likely N-dealkylation sites (tertiary alicyclic amines) is 1. The first-order chi connectivity index (χ1) is 13.2. The minimum absolute atomic E-state index is 0.0241. The van der Waals surface area contributed by atoms with Gasteiger partial charge < -0.3 is 19.4 Å². The van der Waals surface area contributed by atoms with Crippen molar-refractivity contribution in [2.75, 3.05) is 26.8 Å². The fraction of sp³-hybridized carbons (Fsp3) is 0.318. The number of rotatable bonds is 5. The van der Waals surface area contributed by atoms with Gasteiger partial charge in [-0.25, -0.2) is 0 Å². The Morgan fingerprint density at radius 2 is 1.78 bits per heavy atom. The first-order valence-electron chi connectivity index (χ1n) is 9.36. The highest BCUT2D eigenvalue weighted by Crippen LogP contribution is 2.30. The summed E-state index contributed by atoms with van der Waals surface area (Å²) < 4.78 is 10.9. The van der Waals surface area contributed by atoms with E-state index in [9.17, 15) is 4.79 Å². The molecule has 5 heteroatoms. The zero-order chi connectivity index (χ0) is 18.6. The van der Waals surface area contributed by atoms with E-state index in [0.29, 0.717) is 17.4 Å². The predicted octanol–water partition coefficient (Wildman–Crippen LogP) is 3.96. The number of ether oxygens (including phenoxy) is 2. The molecule has 1 aromatic heterocycles. The Balaban J connectivity index is 1.32. The molecule has 0 saturated carbocycles. The summed E-state index contributed by atoms with van der Waals surface area (Å²) in [6.45, 7) is 1.56. The van der Waals surface area contributed by atoms with Crippen LogP contribution < -0.4 is 9.47 Å². The molecule has 1 aliphatic rings. The lowest BCUT2D eigenvalue weighted by Crippen LogP contribution is -2.40. The lowest BCUT2D eigenvalue weighted by atomic mass is 9.93. The van der Waals surface area contributed by atoms with Crippen molar-refractivity contribution in [2.45, 2.75) is 18.8 Å². The molecule has 0 radical (unpaired) electrons. The predicted molar refractivity (Wildman–Crippen MR) is 105 cm³/mol. The van der Waals surface area contributed by atoms with Gasteiger partial charge in [-0.2, -0.15) is 0 Å². The highest BCUT2D eigenvalue weighted by atomic mass is 16.5. The van der Waals surface area contributed by atoms with Crippen LogP contribution >= 0.6 is 0 Å². The summed E-state index contributed by atoms with van der Waals surface area (Å²) >= 11 is 0. The number of nitrogens with zero attached hydrogens (tertiary/aromatic N) is 1. The SMILES string of the molecule is COc1ccccc1OCC(=O)N1CCC(c2cc3ccccc3[nH]2)CC1. The van der Waals surface area contributed by atoms with Crippen molar-refractivity contribution in [3.05, 3.63) is 60.3 Å². The third kappa shape index (κ3) is 3.77. The number of aromatic amines is 1. The minimum Gasteiger partial charge on any atom is -0.493 e. The molecule has 1 fully saturated rings. The molecule has 2 heterocycles. The van der Waals surface area contributed by atoms with Crippen molar-refractivity contribution in [2.24, 2.45) is 0 Å². The second kappa shape index (κ2) is 7.74. The van der Waals surface area contributed by atoms with Gasteiger partial charge in [-0.3, -0.25) is 4.79 Å². The zero-order valence-corrected chi connectivity index (χ0v) is 15.5. The van der Waals surface area contributed by atoms with E-state index >= 15 is 0 Å². The summed E-state index contributed by atoms with van der Waals surface area (Å²) in [5.41, 5.74) is 2.45. The Morgan fingerprint density at radius 1 is 1.07 bits per heavy atom. The van der Waals surface area contributed by atoms with E-state index in [0.717, 1.165) is 25.9 Å². The second-order valence-electron chi connectivity index (χ2n) is 6.91. The molecule has 2 aromatic carbocycles. The third-order valence-corrected chi connectivity index (χ3v) is 5.26. The molecule has 0 aliphatic carbocycles. The number of benzene rings is 2. The van der Waals surface area contributed by atoms with Gasteiger partial charge in [-0.05, 0) is 42.5 Å². The second-order valence-corrected chi connectivity index (χ2v) is 6.91. The number of fused-ring (bicyclic) bond motifs is 1. The van der Waals surface area contributed by atoms with Crippen molar-refractivity contribution in [3.63, 3.8) is 0 Å². The molecule has 4 rings (SSSR count). The first kappa shape index (κ1) is 17.5. The van der Waals surface area contributed by atoms with Crippen LogP contribution in [-0.2, 0) is 4.79 Å². The Bertz CT molecular complexity index is 893. The van der Waals surface area contributed by atoms with Gasteiger partial charge in [0.15, 0.2) is 18.1 Å². The Kier molecular flexibility index (Phi) is 5.01. The van der Waals surface area contributed by atoms with Gasteiger partial charge in [0.25, 0.3) is 5.91 Å². The summed E-state index contributed by atoms with van der Waals surface area (Å²) in [6, 6.07) is 18.0. The quantitative estimate of drug-likeness (QED) is 0.745. The molecule has 140 valence electrons. The summed E-state index contributed by atoms with van der Waals surface area (Å²) in [5.74, 6) is 1.73. The number of carbonyl (C=O) groups excluding carboxylic acids is 1. The number of piperidine rings is 1. The van der Waals surface area contributed by atoms with E-state index < -0.39 is 0 Å². The molecule has 1 N–H and O–H groups in total. The van der Waals surface area contributed by atoms with E-state index in [1.54, 1.807) is 7.11 Å². The molecule has 5 nitrogen and oxygen atoms in total. The van der Waals surface area contributed by atoms with Gasteiger partial charge in [0.05, 0.1) is 7.11 Å². The molecule has 27 heavy (non-hydrogen) atoms. The average molecular weight is 364 g/mol. The largest absolute Gasteiger partial charge is 0.493 e. The number of hydrogen-bond donors (Lipinski definition) is 1. The lowest BCUT2D eigenvalue weighted by Gasteiger charge is -2.31. The maximum atomic E-state index is 12.5. The maximum Gasteiger partial charge on any atom is 0.260 e. The molecule has 3 aromatic rings. The van der Waals surface area contributed by atoms with E-state index in [1.165, 1.54) is 16.6 Å². The molecule has 0 unspecified atom stereocenters. The normalized spacial score (nSPS) is 15.1. The third-order valence-electron chi connectivity index (χ3n) is 5.26. The fourth-order valence-corrected chi connectivity index (χ4v) is 3.72. The maximum absolute atomic E-state index is 12.5. The molecule has 0 atom stereocenters. The number of hydrogen-bond acceptors (Lipinski definition) is 3. The Labute approximate surface area is 158 Å². The Morgan fingerprint density at radius 3 is 2.52 bits per heavy atom. The van der Waals surface area contributed by atoms with Crippen molar-refractivity contribution < 1.29 is 14.3 Å². The first-order valence-corrected chi connectivity index (χ1v) is 9.36. The van der Waals surface area contributed by atoms with Gasteiger partial charge in [-0.1, -0.05) is 30.3 Å². The van der Waals surface area contributed by atoms with Crippen LogP contribution in [-0.4, -0.2) is 42.6 Å². The average Bonchev–Trinajstić information content (AvgIpc) is 3.16. The number of para-hydroxylation sites is 3. The summed E-state index contributed by atoms with van der Waals surface area (Å²) in [5, 5.41) is 1.25. The van der Waals surface area contributed by atoms with Crippen LogP contribution in [0.3, 0.4) is 0 Å². The Hall–Kier alpha value is -2.95. The molecule has 1 aliphatic heterocycles. The summed E-state index contributed by atoms with van der Waals surface area (Å²) in [4.78, 5) is 17.9. The molecule has 0 spiro atoms.